The van der Waals surface area contributed by atoms with E-state index < -0.39 is 5.97 Å². The van der Waals surface area contributed by atoms with Crippen LogP contribution in [-0.4, -0.2) is 5.97 Å². The van der Waals surface area contributed by atoms with Crippen LogP contribution in [0.1, 0.15) is 14.5 Å². The largest absolute Gasteiger partial charge is 0.544 e. The number of carboxylic acid groups (broad SMARTS) is 1. The number of carbonyl (C=O) groups is 1. The molecule has 1 heterocycles. The quantitative estimate of drug-likeness (QED) is 0.772. The van der Waals surface area contributed by atoms with Crippen molar-refractivity contribution >= 4 is 17.3 Å². The van der Waals surface area contributed by atoms with E-state index in [4.69, 9.17) is 0 Å². The molecule has 0 N–H and O–H groups in total. The maximum absolute atomic E-state index is 10.7. The van der Waals surface area contributed by atoms with Crippen molar-refractivity contribution in [2.24, 2.45) is 0 Å². The fourth-order valence-electron chi connectivity index (χ4n) is 1.49. The molecular weight excluding hydrogens is 208 g/mol. The maximum atomic E-state index is 10.7. The first kappa shape index (κ1) is 9.93. The van der Waals surface area contributed by atoms with Gasteiger partial charge in [-0.25, -0.2) is 0 Å². The van der Waals surface area contributed by atoms with Crippen molar-refractivity contribution in [1.82, 2.24) is 0 Å². The smallest absolute Gasteiger partial charge is 0.0815 e. The lowest BCUT2D eigenvalue weighted by Gasteiger charge is -1.98. The molecule has 1 aromatic heterocycles. The van der Waals surface area contributed by atoms with E-state index >= 15 is 0 Å². The van der Waals surface area contributed by atoms with Gasteiger partial charge < -0.3 is 9.90 Å². The van der Waals surface area contributed by atoms with Crippen molar-refractivity contribution in [3.05, 3.63) is 46.2 Å². The second-order valence-corrected chi connectivity index (χ2v) is 4.49. The van der Waals surface area contributed by atoms with Gasteiger partial charge in [-0.15, -0.1) is 11.3 Å². The van der Waals surface area contributed by atoms with Gasteiger partial charge in [0.1, 0.15) is 0 Å². The Labute approximate surface area is 91.8 Å². The van der Waals surface area contributed by atoms with Crippen LogP contribution in [0.3, 0.4) is 0 Å². The summed E-state index contributed by atoms with van der Waals surface area (Å²) in [6.45, 7) is 1.92. The molecule has 0 aliphatic carbocycles. The summed E-state index contributed by atoms with van der Waals surface area (Å²) >= 11 is 1.26. The summed E-state index contributed by atoms with van der Waals surface area (Å²) in [5.41, 5.74) is 2.01. The number of hydrogen-bond donors (Lipinski definition) is 0. The second-order valence-electron chi connectivity index (χ2n) is 3.23. The van der Waals surface area contributed by atoms with Gasteiger partial charge >= 0.3 is 0 Å². The average Bonchev–Trinajstić information content (AvgIpc) is 2.62. The molecule has 0 saturated carbocycles. The second kappa shape index (κ2) is 3.87. The first-order chi connectivity index (χ1) is 7.18. The van der Waals surface area contributed by atoms with Crippen LogP contribution in [-0.2, 0) is 0 Å². The van der Waals surface area contributed by atoms with Crippen LogP contribution < -0.4 is 5.11 Å². The van der Waals surface area contributed by atoms with Crippen molar-refractivity contribution in [2.75, 3.05) is 0 Å². The average molecular weight is 217 g/mol. The molecule has 2 aromatic rings. The van der Waals surface area contributed by atoms with Crippen LogP contribution in [0, 0.1) is 6.92 Å². The van der Waals surface area contributed by atoms with Gasteiger partial charge in [-0.2, -0.15) is 0 Å². The highest BCUT2D eigenvalue weighted by atomic mass is 32.1. The molecule has 0 fully saturated rings. The van der Waals surface area contributed by atoms with E-state index in [9.17, 15) is 9.90 Å². The van der Waals surface area contributed by atoms with E-state index in [1.165, 1.54) is 11.3 Å². The maximum Gasteiger partial charge on any atom is 0.0815 e. The third kappa shape index (κ3) is 1.92. The molecule has 0 aliphatic rings. The van der Waals surface area contributed by atoms with Gasteiger partial charge in [0.05, 0.1) is 10.8 Å². The molecule has 0 amide bonds. The van der Waals surface area contributed by atoms with Gasteiger partial charge in [0.2, 0.25) is 0 Å². The Kier molecular flexibility index (Phi) is 2.56. The number of aromatic carboxylic acids is 1. The summed E-state index contributed by atoms with van der Waals surface area (Å²) in [6, 6.07) is 11.4. The molecule has 0 atom stereocenters. The molecule has 2 rings (SSSR count). The standard InChI is InChI=1S/C12H10O2S/c1-8-10(7-11(15-8)12(13)14)9-5-3-2-4-6-9/h2-7H,1H3,(H,13,14)/p-1. The summed E-state index contributed by atoms with van der Waals surface area (Å²) in [6.07, 6.45) is 0. The highest BCUT2D eigenvalue weighted by molar-refractivity contribution is 7.14. The molecule has 0 saturated heterocycles. The van der Waals surface area contributed by atoms with Crippen LogP contribution in [0.2, 0.25) is 0 Å². The molecule has 0 bridgehead atoms. The fraction of sp³-hybridized carbons (Fsp3) is 0.0833. The lowest BCUT2D eigenvalue weighted by Crippen LogP contribution is -2.20. The summed E-state index contributed by atoms with van der Waals surface area (Å²) < 4.78 is 0. The topological polar surface area (TPSA) is 40.1 Å². The number of thiophene rings is 1. The number of hydrogen-bond acceptors (Lipinski definition) is 3. The van der Waals surface area contributed by atoms with Crippen LogP contribution >= 0.6 is 11.3 Å². The SMILES string of the molecule is Cc1sc(C(=O)[O-])cc1-c1ccccc1. The Hall–Kier alpha value is -1.61. The van der Waals surface area contributed by atoms with Crippen LogP contribution in [0.25, 0.3) is 11.1 Å². The Bertz CT molecular complexity index is 486. The van der Waals surface area contributed by atoms with Gasteiger partial charge in [0.25, 0.3) is 0 Å². The minimum Gasteiger partial charge on any atom is -0.544 e. The zero-order valence-electron chi connectivity index (χ0n) is 8.19. The van der Waals surface area contributed by atoms with E-state index in [1.54, 1.807) is 6.07 Å². The van der Waals surface area contributed by atoms with Crippen molar-refractivity contribution in [1.29, 1.82) is 0 Å². The minimum absolute atomic E-state index is 0.284. The molecule has 1 aromatic carbocycles. The summed E-state index contributed by atoms with van der Waals surface area (Å²) in [4.78, 5) is 12.0. The van der Waals surface area contributed by atoms with Crippen molar-refractivity contribution < 1.29 is 9.90 Å². The predicted molar refractivity (Wildman–Crippen MR) is 58.8 cm³/mol. The van der Waals surface area contributed by atoms with E-state index in [0.717, 1.165) is 16.0 Å². The Balaban J connectivity index is 2.50. The van der Waals surface area contributed by atoms with Gasteiger partial charge in [-0.1, -0.05) is 30.3 Å². The molecule has 0 unspecified atom stereocenters. The molecule has 0 radical (unpaired) electrons. The Morgan fingerprint density at radius 1 is 1.27 bits per heavy atom. The van der Waals surface area contributed by atoms with Gasteiger partial charge in [-0.05, 0) is 24.1 Å². The van der Waals surface area contributed by atoms with Crippen molar-refractivity contribution in [2.45, 2.75) is 6.92 Å². The summed E-state index contributed by atoms with van der Waals surface area (Å²) in [5, 5.41) is 10.7. The normalized spacial score (nSPS) is 10.2. The first-order valence-corrected chi connectivity index (χ1v) is 5.37. The summed E-state index contributed by atoms with van der Waals surface area (Å²) in [7, 11) is 0. The Morgan fingerprint density at radius 3 is 2.47 bits per heavy atom. The van der Waals surface area contributed by atoms with E-state index in [0.29, 0.717) is 0 Å². The van der Waals surface area contributed by atoms with E-state index in [2.05, 4.69) is 0 Å². The lowest BCUT2D eigenvalue weighted by atomic mass is 10.1. The zero-order chi connectivity index (χ0) is 10.8. The predicted octanol–water partition coefficient (Wildman–Crippen LogP) is 2.09. The van der Waals surface area contributed by atoms with Crippen LogP contribution in [0.15, 0.2) is 36.4 Å². The molecule has 0 spiro atoms. The first-order valence-electron chi connectivity index (χ1n) is 4.55. The zero-order valence-corrected chi connectivity index (χ0v) is 9.01. The van der Waals surface area contributed by atoms with Crippen LogP contribution in [0.4, 0.5) is 0 Å². The van der Waals surface area contributed by atoms with Crippen molar-refractivity contribution in [3.63, 3.8) is 0 Å². The van der Waals surface area contributed by atoms with Gasteiger partial charge in [0.15, 0.2) is 0 Å². The van der Waals surface area contributed by atoms with E-state index in [1.807, 2.05) is 37.3 Å². The number of carbonyl (C=O) groups excluding carboxylic acids is 1. The fourth-order valence-corrected chi connectivity index (χ4v) is 2.36. The number of rotatable bonds is 2. The third-order valence-corrected chi connectivity index (χ3v) is 3.23. The van der Waals surface area contributed by atoms with Crippen LogP contribution in [0.5, 0.6) is 0 Å². The van der Waals surface area contributed by atoms with E-state index in [-0.39, 0.29) is 4.88 Å². The molecule has 76 valence electrons. The third-order valence-electron chi connectivity index (χ3n) is 2.20. The number of aryl methyl sites for hydroxylation is 1. The van der Waals surface area contributed by atoms with Gasteiger partial charge in [-0.3, -0.25) is 0 Å². The minimum atomic E-state index is -1.11. The number of carboxylic acids is 1. The summed E-state index contributed by atoms with van der Waals surface area (Å²) in [5.74, 6) is -1.11. The Morgan fingerprint density at radius 2 is 1.93 bits per heavy atom. The van der Waals surface area contributed by atoms with Gasteiger partial charge in [0, 0.05) is 4.88 Å². The molecular formula is C12H9O2S-. The highest BCUT2D eigenvalue weighted by Gasteiger charge is 2.07. The molecule has 3 heteroatoms. The lowest BCUT2D eigenvalue weighted by molar-refractivity contribution is -0.254. The monoisotopic (exact) mass is 217 g/mol. The highest BCUT2D eigenvalue weighted by Crippen LogP contribution is 2.30. The van der Waals surface area contributed by atoms with Crippen molar-refractivity contribution in [3.8, 4) is 11.1 Å². The molecule has 0 aliphatic heterocycles. The number of benzene rings is 1. The molecule has 2 nitrogen and oxygen atoms in total. The molecule has 15 heavy (non-hydrogen) atoms.